The number of methoxy groups -OCH3 is 3. The first-order valence-electron chi connectivity index (χ1n) is 10.5. The van der Waals surface area contributed by atoms with Gasteiger partial charge in [0.1, 0.15) is 5.75 Å². The molecular formula is C24H29N3O4S. The van der Waals surface area contributed by atoms with Crippen LogP contribution < -0.4 is 14.2 Å². The molecule has 1 aliphatic rings. The molecular weight excluding hydrogens is 426 g/mol. The second kappa shape index (κ2) is 11.6. The van der Waals surface area contributed by atoms with Crippen LogP contribution in [0.15, 0.2) is 52.7 Å². The van der Waals surface area contributed by atoms with E-state index in [1.807, 2.05) is 42.5 Å². The van der Waals surface area contributed by atoms with Gasteiger partial charge in [-0.1, -0.05) is 43.7 Å². The summed E-state index contributed by atoms with van der Waals surface area (Å²) in [6.45, 7) is 2.57. The topological polar surface area (TPSA) is 72.7 Å². The fourth-order valence-electron chi connectivity index (χ4n) is 3.30. The van der Waals surface area contributed by atoms with Crippen LogP contribution in [-0.4, -0.2) is 48.8 Å². The maximum Gasteiger partial charge on any atom is 0.242 e. The number of carbonyl (C=O) groups is 1. The van der Waals surface area contributed by atoms with Crippen molar-refractivity contribution in [3.8, 4) is 17.2 Å². The van der Waals surface area contributed by atoms with E-state index in [2.05, 4.69) is 17.1 Å². The Balaban J connectivity index is 1.80. The minimum atomic E-state index is -0.122. The molecule has 7 nitrogen and oxygen atoms in total. The molecule has 32 heavy (non-hydrogen) atoms. The molecule has 2 aromatic carbocycles. The average Bonchev–Trinajstić information content (AvgIpc) is 3.12. The lowest BCUT2D eigenvalue weighted by Crippen LogP contribution is -2.31. The summed E-state index contributed by atoms with van der Waals surface area (Å²) in [5.41, 5.74) is 1.83. The molecule has 0 spiro atoms. The highest BCUT2D eigenvalue weighted by molar-refractivity contribution is 8.15. The summed E-state index contributed by atoms with van der Waals surface area (Å²) >= 11 is 1.49. The number of hydrogen-bond donors (Lipinski definition) is 0. The van der Waals surface area contributed by atoms with Crippen LogP contribution >= 0.6 is 11.8 Å². The van der Waals surface area contributed by atoms with Gasteiger partial charge in [0.2, 0.25) is 5.91 Å². The van der Waals surface area contributed by atoms with Crippen LogP contribution in [0.25, 0.3) is 0 Å². The third-order valence-electron chi connectivity index (χ3n) is 5.10. The molecule has 0 N–H and O–H groups in total. The minimum absolute atomic E-state index is 0.0827. The molecule has 0 unspecified atom stereocenters. The van der Waals surface area contributed by atoms with Crippen molar-refractivity contribution in [2.45, 2.75) is 38.0 Å². The van der Waals surface area contributed by atoms with Crippen LogP contribution in [0.2, 0.25) is 0 Å². The Hall–Kier alpha value is -3.00. The maximum absolute atomic E-state index is 13.1. The van der Waals surface area contributed by atoms with E-state index in [1.54, 1.807) is 32.4 Å². The van der Waals surface area contributed by atoms with Crippen molar-refractivity contribution in [3.63, 3.8) is 0 Å². The number of amides is 1. The molecule has 1 amide bonds. The molecule has 1 aliphatic heterocycles. The van der Waals surface area contributed by atoms with Crippen LogP contribution in [0, 0.1) is 0 Å². The van der Waals surface area contributed by atoms with Crippen molar-refractivity contribution in [1.82, 2.24) is 4.90 Å². The first-order chi connectivity index (χ1) is 15.6. The first-order valence-corrected chi connectivity index (χ1v) is 11.4. The van der Waals surface area contributed by atoms with Gasteiger partial charge in [-0.15, -0.1) is 5.10 Å². The Labute approximate surface area is 193 Å². The van der Waals surface area contributed by atoms with E-state index in [0.717, 1.165) is 36.1 Å². The number of benzene rings is 2. The van der Waals surface area contributed by atoms with Crippen molar-refractivity contribution in [3.05, 3.63) is 53.6 Å². The van der Waals surface area contributed by atoms with Crippen LogP contribution in [0.4, 0.5) is 0 Å². The van der Waals surface area contributed by atoms with Crippen molar-refractivity contribution in [1.29, 1.82) is 0 Å². The Bertz CT molecular complexity index is 976. The standard InChI is InChI=1S/C24H29N3O4S/c1-5-6-7-22-23(28)27(16-17-8-11-19(29-2)12-9-17)24(32-22)26-25-15-18-10-13-20(30-3)21(14-18)31-4/h8-15,22H,5-7,16H2,1-4H3/b25-15-,26-24-/t22-/m0/s1. The van der Waals surface area contributed by atoms with Gasteiger partial charge in [-0.3, -0.25) is 9.69 Å². The second-order valence-electron chi connectivity index (χ2n) is 7.26. The van der Waals surface area contributed by atoms with E-state index in [4.69, 9.17) is 14.2 Å². The van der Waals surface area contributed by atoms with Gasteiger partial charge in [0.15, 0.2) is 16.7 Å². The van der Waals surface area contributed by atoms with Crippen LogP contribution in [0.3, 0.4) is 0 Å². The number of ether oxygens (including phenoxy) is 3. The van der Waals surface area contributed by atoms with E-state index in [0.29, 0.717) is 23.2 Å². The second-order valence-corrected chi connectivity index (χ2v) is 8.43. The molecule has 0 bridgehead atoms. The first kappa shape index (κ1) is 23.7. The van der Waals surface area contributed by atoms with Gasteiger partial charge in [-0.2, -0.15) is 5.10 Å². The molecule has 1 saturated heterocycles. The minimum Gasteiger partial charge on any atom is -0.497 e. The van der Waals surface area contributed by atoms with Crippen LogP contribution in [0.5, 0.6) is 17.2 Å². The summed E-state index contributed by atoms with van der Waals surface area (Å²) in [5, 5.41) is 9.14. The van der Waals surface area contributed by atoms with Gasteiger partial charge in [-0.25, -0.2) is 0 Å². The Morgan fingerprint density at radius 2 is 1.78 bits per heavy atom. The zero-order valence-electron chi connectivity index (χ0n) is 18.9. The predicted molar refractivity (Wildman–Crippen MR) is 129 cm³/mol. The molecule has 3 rings (SSSR count). The van der Waals surface area contributed by atoms with Crippen molar-refractivity contribution in [2.75, 3.05) is 21.3 Å². The van der Waals surface area contributed by atoms with Crippen molar-refractivity contribution in [2.24, 2.45) is 10.2 Å². The molecule has 0 radical (unpaired) electrons. The lowest BCUT2D eigenvalue weighted by Gasteiger charge is -2.16. The molecule has 0 aliphatic carbocycles. The van der Waals surface area contributed by atoms with E-state index in [9.17, 15) is 4.79 Å². The normalized spacial score (nSPS) is 17.4. The monoisotopic (exact) mass is 455 g/mol. The largest absolute Gasteiger partial charge is 0.497 e. The van der Waals surface area contributed by atoms with Gasteiger partial charge in [-0.05, 0) is 47.9 Å². The number of nitrogens with zero attached hydrogens (tertiary/aromatic N) is 3. The summed E-state index contributed by atoms with van der Waals surface area (Å²) in [7, 11) is 4.82. The lowest BCUT2D eigenvalue weighted by atomic mass is 10.1. The summed E-state index contributed by atoms with van der Waals surface area (Å²) in [4.78, 5) is 14.8. The molecule has 1 heterocycles. The van der Waals surface area contributed by atoms with Crippen LogP contribution in [0.1, 0.15) is 37.3 Å². The van der Waals surface area contributed by atoms with Gasteiger partial charge in [0, 0.05) is 0 Å². The van der Waals surface area contributed by atoms with E-state index in [1.165, 1.54) is 11.8 Å². The molecule has 1 fully saturated rings. The number of hydrogen-bond acceptors (Lipinski definition) is 7. The Morgan fingerprint density at radius 3 is 2.44 bits per heavy atom. The number of thioether (sulfide) groups is 1. The third kappa shape index (κ3) is 5.82. The zero-order valence-corrected chi connectivity index (χ0v) is 19.7. The van der Waals surface area contributed by atoms with Crippen LogP contribution in [-0.2, 0) is 11.3 Å². The SMILES string of the molecule is CCCC[C@@H]1S/C(=N\N=C/c2ccc(OC)c(OC)c2)N(Cc2ccc(OC)cc2)C1=O. The summed E-state index contributed by atoms with van der Waals surface area (Å²) in [6.07, 6.45) is 4.52. The van der Waals surface area contributed by atoms with E-state index >= 15 is 0 Å². The number of rotatable bonds is 10. The van der Waals surface area contributed by atoms with Gasteiger partial charge in [0.25, 0.3) is 0 Å². The Morgan fingerprint density at radius 1 is 1.03 bits per heavy atom. The molecule has 0 saturated carbocycles. The van der Waals surface area contributed by atoms with E-state index < -0.39 is 0 Å². The quantitative estimate of drug-likeness (QED) is 0.382. The molecule has 170 valence electrons. The smallest absolute Gasteiger partial charge is 0.242 e. The van der Waals surface area contributed by atoms with Gasteiger partial charge in [0.05, 0.1) is 39.3 Å². The number of amidine groups is 1. The summed E-state index contributed by atoms with van der Waals surface area (Å²) in [5.74, 6) is 2.14. The fraction of sp³-hybridized carbons (Fsp3) is 0.375. The van der Waals surface area contributed by atoms with Crippen molar-refractivity contribution >= 4 is 29.1 Å². The highest BCUT2D eigenvalue weighted by atomic mass is 32.2. The summed E-state index contributed by atoms with van der Waals surface area (Å²) in [6, 6.07) is 13.2. The third-order valence-corrected chi connectivity index (χ3v) is 6.33. The summed E-state index contributed by atoms with van der Waals surface area (Å²) < 4.78 is 15.8. The molecule has 8 heteroatoms. The molecule has 1 atom stereocenters. The van der Waals surface area contributed by atoms with Gasteiger partial charge < -0.3 is 14.2 Å². The maximum atomic E-state index is 13.1. The fourth-order valence-corrected chi connectivity index (χ4v) is 4.44. The highest BCUT2D eigenvalue weighted by Crippen LogP contribution is 2.32. The molecule has 2 aromatic rings. The lowest BCUT2D eigenvalue weighted by molar-refractivity contribution is -0.126. The Kier molecular flexibility index (Phi) is 8.56. The number of carbonyl (C=O) groups excluding carboxylic acids is 1. The van der Waals surface area contributed by atoms with E-state index in [-0.39, 0.29) is 11.2 Å². The van der Waals surface area contributed by atoms with Crippen molar-refractivity contribution < 1.29 is 19.0 Å². The zero-order chi connectivity index (χ0) is 22.9. The molecule has 0 aromatic heterocycles. The predicted octanol–water partition coefficient (Wildman–Crippen LogP) is 4.74. The highest BCUT2D eigenvalue weighted by Gasteiger charge is 2.37. The average molecular weight is 456 g/mol. The van der Waals surface area contributed by atoms with Gasteiger partial charge >= 0.3 is 0 Å². The number of unbranched alkanes of at least 4 members (excludes halogenated alkanes) is 1.